The van der Waals surface area contributed by atoms with Crippen LogP contribution < -0.4 is 5.32 Å². The van der Waals surface area contributed by atoms with Gasteiger partial charge in [-0.3, -0.25) is 14.5 Å². The minimum Gasteiger partial charge on any atom is -0.390 e. The quantitative estimate of drug-likeness (QED) is 0.766. The van der Waals surface area contributed by atoms with Crippen LogP contribution in [0.3, 0.4) is 0 Å². The molecule has 2 aromatic heterocycles. The van der Waals surface area contributed by atoms with E-state index in [1.807, 2.05) is 36.4 Å². The molecule has 0 radical (unpaired) electrons. The molecule has 3 aromatic rings. The van der Waals surface area contributed by atoms with Crippen molar-refractivity contribution in [3.05, 3.63) is 71.7 Å². The van der Waals surface area contributed by atoms with Crippen molar-refractivity contribution in [2.45, 2.75) is 18.6 Å². The third kappa shape index (κ3) is 2.81. The Morgan fingerprint density at radius 1 is 1.28 bits per heavy atom. The van der Waals surface area contributed by atoms with Crippen LogP contribution in [0.4, 0.5) is 0 Å². The molecule has 4 rings (SSSR count). The molecule has 0 saturated carbocycles. The Balaban J connectivity index is 1.65. The zero-order valence-electron chi connectivity index (χ0n) is 13.8. The van der Waals surface area contributed by atoms with Crippen LogP contribution in [0.1, 0.15) is 27.5 Å². The van der Waals surface area contributed by atoms with Gasteiger partial charge >= 0.3 is 0 Å². The highest BCUT2D eigenvalue weighted by Crippen LogP contribution is 2.32. The molecule has 1 aliphatic rings. The molecule has 126 valence electrons. The van der Waals surface area contributed by atoms with E-state index in [0.29, 0.717) is 17.7 Å². The molecule has 1 aromatic carbocycles. The fraction of sp³-hybridized carbons (Fsp3) is 0.211. The van der Waals surface area contributed by atoms with Gasteiger partial charge in [0.15, 0.2) is 0 Å². The molecule has 0 aliphatic heterocycles. The Hall–Kier alpha value is -2.99. The summed E-state index contributed by atoms with van der Waals surface area (Å²) < 4.78 is 1.61. The zero-order valence-corrected chi connectivity index (χ0v) is 13.8. The highest BCUT2D eigenvalue weighted by atomic mass is 16.3. The molecule has 6 nitrogen and oxygen atoms in total. The summed E-state index contributed by atoms with van der Waals surface area (Å²) in [5.41, 5.74) is 3.86. The van der Waals surface area contributed by atoms with Crippen LogP contribution in [0, 0.1) is 0 Å². The van der Waals surface area contributed by atoms with Gasteiger partial charge in [-0.1, -0.05) is 24.3 Å². The number of rotatable bonds is 3. The third-order valence-corrected chi connectivity index (χ3v) is 4.50. The van der Waals surface area contributed by atoms with Crippen LogP contribution in [-0.2, 0) is 13.5 Å². The standard InChI is InChI=1S/C19H18N4O2/c1-23-11-15(17(22-23)13-6-4-8-20-10-13)19(25)21-18-14-7-3-2-5-12(14)9-16(18)24/h2-8,10-11,16,18,24H,9H2,1H3,(H,21,25)/t16-,18+/m0/s1. The smallest absolute Gasteiger partial charge is 0.255 e. The van der Waals surface area contributed by atoms with Crippen molar-refractivity contribution in [3.8, 4) is 11.3 Å². The summed E-state index contributed by atoms with van der Waals surface area (Å²) in [6.45, 7) is 0. The summed E-state index contributed by atoms with van der Waals surface area (Å²) in [6, 6.07) is 11.1. The number of aliphatic hydroxyl groups excluding tert-OH is 1. The van der Waals surface area contributed by atoms with Crippen LogP contribution in [0.15, 0.2) is 55.0 Å². The fourth-order valence-electron chi connectivity index (χ4n) is 3.34. The first-order valence-corrected chi connectivity index (χ1v) is 8.14. The number of fused-ring (bicyclic) bond motifs is 1. The minimum atomic E-state index is -0.625. The lowest BCUT2D eigenvalue weighted by atomic mass is 10.1. The summed E-state index contributed by atoms with van der Waals surface area (Å²) >= 11 is 0. The number of aliphatic hydroxyl groups is 1. The van der Waals surface area contributed by atoms with Crippen molar-refractivity contribution < 1.29 is 9.90 Å². The van der Waals surface area contributed by atoms with Gasteiger partial charge in [0, 0.05) is 37.6 Å². The first-order chi connectivity index (χ1) is 12.1. The summed E-state index contributed by atoms with van der Waals surface area (Å²) in [4.78, 5) is 17.0. The molecule has 0 saturated heterocycles. The number of pyridine rings is 1. The number of nitrogens with one attached hydrogen (secondary N) is 1. The summed E-state index contributed by atoms with van der Waals surface area (Å²) in [5, 5.41) is 17.7. The lowest BCUT2D eigenvalue weighted by Gasteiger charge is -2.17. The Bertz CT molecular complexity index is 920. The number of amides is 1. The van der Waals surface area contributed by atoms with E-state index in [-0.39, 0.29) is 5.91 Å². The van der Waals surface area contributed by atoms with E-state index in [9.17, 15) is 9.90 Å². The number of hydrogen-bond acceptors (Lipinski definition) is 4. The summed E-state index contributed by atoms with van der Waals surface area (Å²) in [6.07, 6.45) is 4.96. The van der Waals surface area contributed by atoms with E-state index in [1.165, 1.54) is 0 Å². The maximum absolute atomic E-state index is 12.9. The van der Waals surface area contributed by atoms with Gasteiger partial charge < -0.3 is 10.4 Å². The zero-order chi connectivity index (χ0) is 17.4. The average molecular weight is 334 g/mol. The van der Waals surface area contributed by atoms with Crippen LogP contribution in [0.25, 0.3) is 11.3 Å². The predicted molar refractivity (Wildman–Crippen MR) is 92.8 cm³/mol. The molecule has 6 heteroatoms. The van der Waals surface area contributed by atoms with Crippen molar-refractivity contribution in [1.29, 1.82) is 0 Å². The fourth-order valence-corrected chi connectivity index (χ4v) is 3.34. The number of carbonyl (C=O) groups is 1. The van der Waals surface area contributed by atoms with E-state index in [4.69, 9.17) is 0 Å². The van der Waals surface area contributed by atoms with Gasteiger partial charge in [0.2, 0.25) is 0 Å². The molecule has 25 heavy (non-hydrogen) atoms. The maximum Gasteiger partial charge on any atom is 0.255 e. The van der Waals surface area contributed by atoms with Gasteiger partial charge in [0.1, 0.15) is 5.69 Å². The van der Waals surface area contributed by atoms with Gasteiger partial charge in [-0.15, -0.1) is 0 Å². The van der Waals surface area contributed by atoms with Gasteiger partial charge in [-0.25, -0.2) is 0 Å². The highest BCUT2D eigenvalue weighted by Gasteiger charge is 2.32. The number of carbonyl (C=O) groups excluding carboxylic acids is 1. The molecule has 0 fully saturated rings. The summed E-state index contributed by atoms with van der Waals surface area (Å²) in [5.74, 6) is -0.257. The van der Waals surface area contributed by atoms with Crippen molar-refractivity contribution in [3.63, 3.8) is 0 Å². The normalized spacial score (nSPS) is 18.8. The molecule has 2 N–H and O–H groups in total. The number of aromatic nitrogens is 3. The molecule has 1 aliphatic carbocycles. The predicted octanol–water partition coefficient (Wildman–Crippen LogP) is 1.87. The Kier molecular flexibility index (Phi) is 3.82. The number of benzene rings is 1. The number of hydrogen-bond donors (Lipinski definition) is 2. The van der Waals surface area contributed by atoms with Crippen molar-refractivity contribution in [2.24, 2.45) is 7.05 Å². The Morgan fingerprint density at radius 3 is 2.92 bits per heavy atom. The number of aryl methyl sites for hydroxylation is 1. The van der Waals surface area contributed by atoms with Gasteiger partial charge in [-0.2, -0.15) is 5.10 Å². The molecule has 0 spiro atoms. The van der Waals surface area contributed by atoms with Crippen LogP contribution in [0.2, 0.25) is 0 Å². The molecule has 2 heterocycles. The third-order valence-electron chi connectivity index (χ3n) is 4.50. The second-order valence-electron chi connectivity index (χ2n) is 6.23. The second-order valence-corrected chi connectivity index (χ2v) is 6.23. The van der Waals surface area contributed by atoms with Crippen LogP contribution in [-0.4, -0.2) is 31.9 Å². The van der Waals surface area contributed by atoms with Gasteiger partial charge in [0.05, 0.1) is 17.7 Å². The lowest BCUT2D eigenvalue weighted by molar-refractivity contribution is 0.0858. The topological polar surface area (TPSA) is 80.0 Å². The Labute approximate surface area is 145 Å². The van der Waals surface area contributed by atoms with Crippen molar-refractivity contribution in [1.82, 2.24) is 20.1 Å². The van der Waals surface area contributed by atoms with E-state index >= 15 is 0 Å². The highest BCUT2D eigenvalue weighted by molar-refractivity contribution is 6.00. The Morgan fingerprint density at radius 2 is 2.12 bits per heavy atom. The summed E-state index contributed by atoms with van der Waals surface area (Å²) in [7, 11) is 1.77. The van der Waals surface area contributed by atoms with Crippen molar-refractivity contribution in [2.75, 3.05) is 0 Å². The molecule has 0 bridgehead atoms. The minimum absolute atomic E-state index is 0.257. The van der Waals surface area contributed by atoms with Crippen LogP contribution >= 0.6 is 0 Å². The van der Waals surface area contributed by atoms with Crippen molar-refractivity contribution >= 4 is 5.91 Å². The largest absolute Gasteiger partial charge is 0.390 e. The van der Waals surface area contributed by atoms with E-state index in [0.717, 1.165) is 16.7 Å². The average Bonchev–Trinajstić information content (AvgIpc) is 3.16. The van der Waals surface area contributed by atoms with E-state index in [1.54, 1.807) is 30.3 Å². The SMILES string of the molecule is Cn1cc(C(=O)N[C@@H]2c3ccccc3C[C@@H]2O)c(-c2cccnc2)n1. The first kappa shape index (κ1) is 15.5. The first-order valence-electron chi connectivity index (χ1n) is 8.14. The van der Waals surface area contributed by atoms with Gasteiger partial charge in [-0.05, 0) is 23.3 Å². The number of nitrogens with zero attached hydrogens (tertiary/aromatic N) is 3. The monoisotopic (exact) mass is 334 g/mol. The van der Waals surface area contributed by atoms with E-state index < -0.39 is 12.1 Å². The molecular formula is C19H18N4O2. The maximum atomic E-state index is 12.9. The van der Waals surface area contributed by atoms with Crippen LogP contribution in [0.5, 0.6) is 0 Å². The molecule has 1 amide bonds. The molecular weight excluding hydrogens is 316 g/mol. The molecule has 2 atom stereocenters. The van der Waals surface area contributed by atoms with E-state index in [2.05, 4.69) is 15.4 Å². The lowest BCUT2D eigenvalue weighted by Crippen LogP contribution is -2.34. The van der Waals surface area contributed by atoms with Gasteiger partial charge in [0.25, 0.3) is 5.91 Å². The second kappa shape index (κ2) is 6.14. The molecule has 0 unspecified atom stereocenters.